The Morgan fingerprint density at radius 2 is 1.88 bits per heavy atom. The zero-order valence-electron chi connectivity index (χ0n) is 12.7. The molecule has 10 heteroatoms. The van der Waals surface area contributed by atoms with Crippen LogP contribution in [0.3, 0.4) is 0 Å². The second kappa shape index (κ2) is 5.89. The average Bonchev–Trinajstić information content (AvgIpc) is 3.16. The van der Waals surface area contributed by atoms with E-state index in [2.05, 4.69) is 20.7 Å². The van der Waals surface area contributed by atoms with Gasteiger partial charge in [-0.15, -0.1) is 5.10 Å². The second-order valence-electron chi connectivity index (χ2n) is 4.99. The van der Waals surface area contributed by atoms with E-state index in [9.17, 15) is 13.2 Å². The lowest BCUT2D eigenvalue weighted by Crippen LogP contribution is -2.12. The van der Waals surface area contributed by atoms with Crippen LogP contribution in [0.4, 0.5) is 6.01 Å². The first-order chi connectivity index (χ1) is 11.3. The smallest absolute Gasteiger partial charge is 0.322 e. The molecule has 2 aromatic heterocycles. The summed E-state index contributed by atoms with van der Waals surface area (Å²) in [5.74, 6) is 0.0912. The summed E-state index contributed by atoms with van der Waals surface area (Å²) >= 11 is 0. The van der Waals surface area contributed by atoms with E-state index in [0.717, 1.165) is 6.26 Å². The maximum Gasteiger partial charge on any atom is 0.322 e. The average molecular weight is 348 g/mol. The molecule has 1 amide bonds. The van der Waals surface area contributed by atoms with Crippen LogP contribution in [0.2, 0.25) is 0 Å². The van der Waals surface area contributed by atoms with E-state index in [-0.39, 0.29) is 22.5 Å². The zero-order chi connectivity index (χ0) is 17.3. The highest BCUT2D eigenvalue weighted by molar-refractivity contribution is 7.90. The van der Waals surface area contributed by atoms with Gasteiger partial charge in [-0.3, -0.25) is 10.1 Å². The molecule has 0 spiro atoms. The Balaban J connectivity index is 1.77. The fourth-order valence-corrected chi connectivity index (χ4v) is 2.50. The summed E-state index contributed by atoms with van der Waals surface area (Å²) in [5.41, 5.74) is 0.609. The summed E-state index contributed by atoms with van der Waals surface area (Å²) in [5, 5.41) is 13.5. The normalized spacial score (nSPS) is 11.4. The third-order valence-electron chi connectivity index (χ3n) is 3.04. The van der Waals surface area contributed by atoms with Crippen molar-refractivity contribution < 1.29 is 22.2 Å². The molecular formula is C14H12N4O5S. The minimum atomic E-state index is -3.28. The molecule has 2 heterocycles. The van der Waals surface area contributed by atoms with Crippen molar-refractivity contribution in [1.82, 2.24) is 15.4 Å². The molecule has 124 valence electrons. The largest absolute Gasteiger partial charge is 0.403 e. The number of aromatic nitrogens is 3. The summed E-state index contributed by atoms with van der Waals surface area (Å²) in [6, 6.07) is 7.31. The second-order valence-corrected chi connectivity index (χ2v) is 7.00. The van der Waals surface area contributed by atoms with Crippen LogP contribution in [0, 0.1) is 6.92 Å². The Hall–Kier alpha value is -3.01. The van der Waals surface area contributed by atoms with Crippen LogP contribution in [0.1, 0.15) is 16.2 Å². The van der Waals surface area contributed by atoms with Crippen LogP contribution in [-0.4, -0.2) is 35.9 Å². The van der Waals surface area contributed by atoms with Crippen LogP contribution in [0.15, 0.2) is 44.2 Å². The Morgan fingerprint density at radius 3 is 2.46 bits per heavy atom. The molecule has 1 N–H and O–H groups in total. The molecule has 0 fully saturated rings. The van der Waals surface area contributed by atoms with E-state index in [1.165, 1.54) is 30.3 Å². The SMILES string of the molecule is Cc1cc(C(=O)Nc2nnc(-c3ccc(S(C)(=O)=O)cc3)o2)no1. The highest BCUT2D eigenvalue weighted by Crippen LogP contribution is 2.22. The predicted molar refractivity (Wildman–Crippen MR) is 82.0 cm³/mol. The van der Waals surface area contributed by atoms with E-state index in [4.69, 9.17) is 8.94 Å². The van der Waals surface area contributed by atoms with Gasteiger partial charge >= 0.3 is 6.01 Å². The monoisotopic (exact) mass is 348 g/mol. The summed E-state index contributed by atoms with van der Waals surface area (Å²) in [6.45, 7) is 1.66. The summed E-state index contributed by atoms with van der Waals surface area (Å²) in [7, 11) is -3.28. The molecule has 1 aromatic carbocycles. The van der Waals surface area contributed by atoms with Gasteiger partial charge in [-0.2, -0.15) is 0 Å². The third kappa shape index (κ3) is 3.33. The minimum Gasteiger partial charge on any atom is -0.403 e. The highest BCUT2D eigenvalue weighted by Gasteiger charge is 2.16. The number of sulfone groups is 1. The van der Waals surface area contributed by atoms with Gasteiger partial charge < -0.3 is 8.94 Å². The van der Waals surface area contributed by atoms with Crippen molar-refractivity contribution in [3.63, 3.8) is 0 Å². The molecule has 0 saturated heterocycles. The third-order valence-corrected chi connectivity index (χ3v) is 4.16. The van der Waals surface area contributed by atoms with Crippen molar-refractivity contribution in [2.75, 3.05) is 11.6 Å². The molecule has 3 rings (SSSR count). The number of nitrogens with zero attached hydrogens (tertiary/aromatic N) is 3. The Kier molecular flexibility index (Phi) is 3.89. The van der Waals surface area contributed by atoms with Gasteiger partial charge in [0.2, 0.25) is 5.89 Å². The molecule has 9 nitrogen and oxygen atoms in total. The maximum atomic E-state index is 11.9. The number of nitrogens with one attached hydrogen (secondary N) is 1. The van der Waals surface area contributed by atoms with Crippen LogP contribution in [0.5, 0.6) is 0 Å². The van der Waals surface area contributed by atoms with Gasteiger partial charge in [0.05, 0.1) is 4.90 Å². The lowest BCUT2D eigenvalue weighted by atomic mass is 10.2. The Labute approximate surface area is 136 Å². The molecule has 0 unspecified atom stereocenters. The van der Waals surface area contributed by atoms with Gasteiger partial charge in [0, 0.05) is 17.9 Å². The van der Waals surface area contributed by atoms with Crippen molar-refractivity contribution in [1.29, 1.82) is 0 Å². The molecule has 0 saturated carbocycles. The van der Waals surface area contributed by atoms with Crippen LogP contribution >= 0.6 is 0 Å². The molecular weight excluding hydrogens is 336 g/mol. The molecule has 0 aliphatic rings. The Bertz CT molecular complexity index is 988. The topological polar surface area (TPSA) is 128 Å². The summed E-state index contributed by atoms with van der Waals surface area (Å²) in [4.78, 5) is 12.1. The van der Waals surface area contributed by atoms with Crippen LogP contribution in [-0.2, 0) is 9.84 Å². The predicted octanol–water partition coefficient (Wildman–Crippen LogP) is 1.69. The molecule has 24 heavy (non-hydrogen) atoms. The number of anilines is 1. The fraction of sp³-hybridized carbons (Fsp3) is 0.143. The van der Waals surface area contributed by atoms with Crippen molar-refractivity contribution in [3.8, 4) is 11.5 Å². The lowest BCUT2D eigenvalue weighted by molar-refractivity contribution is 0.101. The molecule has 0 aliphatic carbocycles. The number of carbonyl (C=O) groups is 1. The van der Waals surface area contributed by atoms with E-state index >= 15 is 0 Å². The quantitative estimate of drug-likeness (QED) is 0.754. The molecule has 0 aliphatic heterocycles. The first-order valence-electron chi connectivity index (χ1n) is 6.71. The number of amides is 1. The standard InChI is InChI=1S/C14H12N4O5S/c1-8-7-11(18-23-8)12(19)15-14-17-16-13(22-14)9-3-5-10(6-4-9)24(2,20)21/h3-7H,1-2H3,(H,15,17,19). The maximum absolute atomic E-state index is 11.9. The van der Waals surface area contributed by atoms with Crippen LogP contribution < -0.4 is 5.32 Å². The minimum absolute atomic E-state index is 0.0877. The first-order valence-corrected chi connectivity index (χ1v) is 8.61. The van der Waals surface area contributed by atoms with E-state index in [0.29, 0.717) is 11.3 Å². The van der Waals surface area contributed by atoms with E-state index in [1.807, 2.05) is 0 Å². The number of aryl methyl sites for hydroxylation is 1. The van der Waals surface area contributed by atoms with Gasteiger partial charge in [-0.1, -0.05) is 10.3 Å². The van der Waals surface area contributed by atoms with Gasteiger partial charge in [0.1, 0.15) is 5.76 Å². The van der Waals surface area contributed by atoms with Gasteiger partial charge in [-0.05, 0) is 31.2 Å². The van der Waals surface area contributed by atoms with Crippen molar-refractivity contribution in [2.45, 2.75) is 11.8 Å². The lowest BCUT2D eigenvalue weighted by Gasteiger charge is -1.99. The number of benzene rings is 1. The summed E-state index contributed by atoms with van der Waals surface area (Å²) in [6.07, 6.45) is 1.12. The molecule has 0 atom stereocenters. The fourth-order valence-electron chi connectivity index (χ4n) is 1.87. The van der Waals surface area contributed by atoms with Gasteiger partial charge in [-0.25, -0.2) is 8.42 Å². The number of carbonyl (C=O) groups excluding carboxylic acids is 1. The van der Waals surface area contributed by atoms with Gasteiger partial charge in [0.15, 0.2) is 15.5 Å². The number of rotatable bonds is 4. The zero-order valence-corrected chi connectivity index (χ0v) is 13.5. The van der Waals surface area contributed by atoms with Crippen molar-refractivity contribution >= 4 is 21.8 Å². The molecule has 0 radical (unpaired) electrons. The summed E-state index contributed by atoms with van der Waals surface area (Å²) < 4.78 is 33.0. The van der Waals surface area contributed by atoms with Crippen molar-refractivity contribution in [3.05, 3.63) is 41.8 Å². The Morgan fingerprint density at radius 1 is 1.17 bits per heavy atom. The highest BCUT2D eigenvalue weighted by atomic mass is 32.2. The van der Waals surface area contributed by atoms with E-state index < -0.39 is 15.7 Å². The van der Waals surface area contributed by atoms with E-state index in [1.54, 1.807) is 6.92 Å². The number of hydrogen-bond donors (Lipinski definition) is 1. The molecule has 3 aromatic rings. The van der Waals surface area contributed by atoms with Crippen LogP contribution in [0.25, 0.3) is 11.5 Å². The van der Waals surface area contributed by atoms with Gasteiger partial charge in [0.25, 0.3) is 5.91 Å². The first kappa shape index (κ1) is 15.9. The van der Waals surface area contributed by atoms with Crippen molar-refractivity contribution in [2.24, 2.45) is 0 Å². The molecule has 0 bridgehead atoms. The number of hydrogen-bond acceptors (Lipinski definition) is 8.